The maximum atomic E-state index is 11.7. The molecule has 0 aromatic carbocycles. The fourth-order valence-corrected chi connectivity index (χ4v) is 12.3. The molecule has 0 aliphatic heterocycles. The van der Waals surface area contributed by atoms with E-state index in [4.69, 9.17) is 23.1 Å². The summed E-state index contributed by atoms with van der Waals surface area (Å²) in [7, 11) is -5.65. The van der Waals surface area contributed by atoms with Crippen LogP contribution in [-0.4, -0.2) is 95.3 Å². The number of nitrogens with one attached hydrogen (secondary N) is 3. The first-order chi connectivity index (χ1) is 19.3. The molecular formula is C27H59N3O8Si3. The van der Waals surface area contributed by atoms with Crippen LogP contribution in [0.3, 0.4) is 0 Å². The maximum Gasteiger partial charge on any atom is 0.407 e. The average Bonchev–Trinajstić information content (AvgIpc) is 2.88. The Hall–Kier alpha value is -1.62. The Bertz CT molecular complexity index is 747. The van der Waals surface area contributed by atoms with Crippen molar-refractivity contribution >= 4 is 43.0 Å². The van der Waals surface area contributed by atoms with Crippen molar-refractivity contribution in [3.63, 3.8) is 0 Å². The van der Waals surface area contributed by atoms with Crippen LogP contribution in [-0.2, 0) is 23.1 Å². The fourth-order valence-electron chi connectivity index (χ4n) is 4.06. The lowest BCUT2D eigenvalue weighted by Gasteiger charge is -2.33. The fraction of sp³-hybridized carbons (Fsp3) is 0.889. The van der Waals surface area contributed by atoms with Crippen molar-refractivity contribution in [3.8, 4) is 0 Å². The summed E-state index contributed by atoms with van der Waals surface area (Å²) in [5, 5.41) is 7.94. The summed E-state index contributed by atoms with van der Waals surface area (Å²) < 4.78 is 28.9. The van der Waals surface area contributed by atoms with E-state index >= 15 is 0 Å². The first kappa shape index (κ1) is 39.4. The molecule has 0 aliphatic rings. The molecule has 0 fully saturated rings. The molecule has 0 saturated carbocycles. The van der Waals surface area contributed by atoms with E-state index in [9.17, 15) is 14.4 Å². The molecular weight excluding hydrogens is 579 g/mol. The van der Waals surface area contributed by atoms with Crippen molar-refractivity contribution in [2.45, 2.75) is 103 Å². The summed E-state index contributed by atoms with van der Waals surface area (Å²) in [5.74, 6) is 0. The third-order valence-electron chi connectivity index (χ3n) is 6.62. The number of carbonyl (C=O) groups excluding carboxylic acids is 3. The molecule has 0 aromatic rings. The molecule has 14 heteroatoms. The SMILES string of the molecule is CCNC(=O)OCCCC[Si](C)(C)OCC[Si](C)(CCCOC(=O)NCC)OC[Si](C)(C)CCCOC(=O)NCC. The molecule has 1 atom stereocenters. The quantitative estimate of drug-likeness (QED) is 0.0722. The van der Waals surface area contributed by atoms with E-state index in [1.807, 2.05) is 20.8 Å². The summed E-state index contributed by atoms with van der Waals surface area (Å²) in [6.07, 6.45) is 3.02. The third-order valence-corrected chi connectivity index (χ3v) is 15.6. The number of ether oxygens (including phenoxy) is 3. The molecule has 0 saturated heterocycles. The number of rotatable bonds is 23. The van der Waals surface area contributed by atoms with Crippen molar-refractivity contribution in [2.75, 3.05) is 52.3 Å². The summed E-state index contributed by atoms with van der Waals surface area (Å²) in [4.78, 5) is 34.6. The molecule has 242 valence electrons. The Morgan fingerprint density at radius 1 is 0.537 bits per heavy atom. The first-order valence-electron chi connectivity index (χ1n) is 15.3. The van der Waals surface area contributed by atoms with Crippen LogP contribution in [0.1, 0.15) is 46.5 Å². The molecule has 41 heavy (non-hydrogen) atoms. The minimum absolute atomic E-state index is 0.361. The number of hydrogen-bond donors (Lipinski definition) is 3. The number of amides is 3. The Morgan fingerprint density at radius 3 is 1.49 bits per heavy atom. The normalized spacial score (nSPS) is 13.2. The molecule has 0 bridgehead atoms. The Labute approximate surface area is 251 Å². The summed E-state index contributed by atoms with van der Waals surface area (Å²) in [5.41, 5.74) is 0. The zero-order valence-electron chi connectivity index (χ0n) is 27.1. The van der Waals surface area contributed by atoms with Gasteiger partial charge < -0.3 is 39.0 Å². The first-order valence-corrected chi connectivity index (χ1v) is 24.6. The van der Waals surface area contributed by atoms with Crippen LogP contribution in [0.2, 0.25) is 56.9 Å². The molecule has 0 aliphatic carbocycles. The average molecular weight is 638 g/mol. The van der Waals surface area contributed by atoms with E-state index < -0.39 is 24.7 Å². The standard InChI is InChI=1S/C27H59N3O8Si3/c1-9-28-25(31)34-16-12-13-21-40(6,7)37-19-23-41(8,22-15-18-36-27(33)30-11-3)38-24-39(4,5)20-14-17-35-26(32)29-10-2/h9-24H2,1-8H3,(H,28,31)(H,29,32)(H,30,33). The molecule has 0 spiro atoms. The van der Waals surface area contributed by atoms with Crippen molar-refractivity contribution in [3.05, 3.63) is 0 Å². The summed E-state index contributed by atoms with van der Waals surface area (Å²) in [6, 6.07) is 3.79. The van der Waals surface area contributed by atoms with Crippen molar-refractivity contribution < 1.29 is 37.4 Å². The predicted molar refractivity (Wildman–Crippen MR) is 171 cm³/mol. The number of alkyl carbamates (subject to hydrolysis) is 3. The van der Waals surface area contributed by atoms with Gasteiger partial charge in [0.05, 0.1) is 27.9 Å². The lowest BCUT2D eigenvalue weighted by atomic mass is 10.4. The highest BCUT2D eigenvalue weighted by Gasteiger charge is 2.33. The zero-order valence-corrected chi connectivity index (χ0v) is 30.1. The molecule has 11 nitrogen and oxygen atoms in total. The minimum atomic E-state index is -2.13. The van der Waals surface area contributed by atoms with Crippen LogP contribution < -0.4 is 16.0 Å². The summed E-state index contributed by atoms with van der Waals surface area (Å²) >= 11 is 0. The van der Waals surface area contributed by atoms with Gasteiger partial charge >= 0.3 is 18.3 Å². The van der Waals surface area contributed by atoms with Gasteiger partial charge in [0.15, 0.2) is 16.6 Å². The van der Waals surface area contributed by atoms with E-state index in [0.717, 1.165) is 56.1 Å². The lowest BCUT2D eigenvalue weighted by Crippen LogP contribution is -2.44. The van der Waals surface area contributed by atoms with Gasteiger partial charge in [0.25, 0.3) is 0 Å². The monoisotopic (exact) mass is 637 g/mol. The largest absolute Gasteiger partial charge is 0.450 e. The Morgan fingerprint density at radius 2 is 1.00 bits per heavy atom. The van der Waals surface area contributed by atoms with Crippen LogP contribution in [0, 0.1) is 0 Å². The molecule has 0 aromatic heterocycles. The van der Waals surface area contributed by atoms with E-state index in [-0.39, 0.29) is 18.3 Å². The second-order valence-electron chi connectivity index (χ2n) is 11.9. The van der Waals surface area contributed by atoms with Crippen LogP contribution in [0.4, 0.5) is 14.4 Å². The minimum Gasteiger partial charge on any atom is -0.450 e. The second kappa shape index (κ2) is 22.0. The van der Waals surface area contributed by atoms with E-state index in [0.29, 0.717) is 46.1 Å². The van der Waals surface area contributed by atoms with Gasteiger partial charge in [-0.25, -0.2) is 14.4 Å². The van der Waals surface area contributed by atoms with E-state index in [1.54, 1.807) is 0 Å². The van der Waals surface area contributed by atoms with Crippen molar-refractivity contribution in [1.82, 2.24) is 16.0 Å². The van der Waals surface area contributed by atoms with Gasteiger partial charge in [0.1, 0.15) is 0 Å². The molecule has 0 heterocycles. The maximum absolute atomic E-state index is 11.7. The van der Waals surface area contributed by atoms with Gasteiger partial charge in [-0.15, -0.1) is 0 Å². The lowest BCUT2D eigenvalue weighted by molar-refractivity contribution is 0.144. The van der Waals surface area contributed by atoms with E-state index in [2.05, 4.69) is 48.7 Å². The van der Waals surface area contributed by atoms with Crippen LogP contribution >= 0.6 is 0 Å². The van der Waals surface area contributed by atoms with Gasteiger partial charge in [-0.2, -0.15) is 0 Å². The predicted octanol–water partition coefficient (Wildman–Crippen LogP) is 5.85. The molecule has 0 radical (unpaired) electrons. The molecule has 1 unspecified atom stereocenters. The van der Waals surface area contributed by atoms with Crippen LogP contribution in [0.15, 0.2) is 0 Å². The second-order valence-corrected chi connectivity index (χ2v) is 25.5. The Balaban J connectivity index is 4.80. The highest BCUT2D eigenvalue weighted by atomic mass is 28.4. The molecule has 3 N–H and O–H groups in total. The number of carbonyl (C=O) groups is 3. The van der Waals surface area contributed by atoms with Gasteiger partial charge in [-0.1, -0.05) is 25.6 Å². The number of unbranched alkanes of at least 4 members (excludes halogenated alkanes) is 1. The van der Waals surface area contributed by atoms with Gasteiger partial charge in [-0.3, -0.25) is 0 Å². The van der Waals surface area contributed by atoms with Crippen LogP contribution in [0.25, 0.3) is 0 Å². The van der Waals surface area contributed by atoms with Gasteiger partial charge in [-0.05, 0) is 77.8 Å². The highest BCUT2D eigenvalue weighted by molar-refractivity contribution is 6.79. The van der Waals surface area contributed by atoms with Crippen LogP contribution in [0.5, 0.6) is 0 Å². The zero-order chi connectivity index (χ0) is 31.2. The molecule has 0 rings (SSSR count). The topological polar surface area (TPSA) is 133 Å². The highest BCUT2D eigenvalue weighted by Crippen LogP contribution is 2.25. The Kier molecular flexibility index (Phi) is 21.1. The molecule has 3 amide bonds. The number of hydrogen-bond acceptors (Lipinski definition) is 8. The smallest absolute Gasteiger partial charge is 0.407 e. The van der Waals surface area contributed by atoms with Gasteiger partial charge in [0, 0.05) is 32.5 Å². The third kappa shape index (κ3) is 22.6. The van der Waals surface area contributed by atoms with Gasteiger partial charge in [0.2, 0.25) is 0 Å². The summed E-state index contributed by atoms with van der Waals surface area (Å²) in [6.45, 7) is 20.5. The van der Waals surface area contributed by atoms with Crippen molar-refractivity contribution in [2.24, 2.45) is 0 Å². The van der Waals surface area contributed by atoms with Crippen molar-refractivity contribution in [1.29, 1.82) is 0 Å². The van der Waals surface area contributed by atoms with E-state index in [1.165, 1.54) is 0 Å².